The van der Waals surface area contributed by atoms with Gasteiger partial charge in [0, 0.05) is 58.0 Å². The summed E-state index contributed by atoms with van der Waals surface area (Å²) in [5, 5.41) is 2.96. The van der Waals surface area contributed by atoms with Gasteiger partial charge in [-0.15, -0.1) is 0 Å². The van der Waals surface area contributed by atoms with E-state index in [1.165, 1.54) is 0 Å². The van der Waals surface area contributed by atoms with Crippen LogP contribution in [0, 0.1) is 12.8 Å². The number of benzene rings is 1. The molecule has 4 amide bonds. The van der Waals surface area contributed by atoms with Gasteiger partial charge in [-0.1, -0.05) is 12.1 Å². The molecule has 8 nitrogen and oxygen atoms in total. The standard InChI is InChI=1S/C24H35N5O3/c1-19-6-4-8-21(16-19)25-24(32)29-11-5-7-20(17-29)23(31)28-14-12-26(13-15-28)18-22(30)27-9-2-3-10-27/h4,6,8,16,20H,2-3,5,7,9-15,17-18H2,1H3,(H,25,32). The lowest BCUT2D eigenvalue weighted by atomic mass is 9.96. The second-order valence-corrected chi connectivity index (χ2v) is 9.27. The summed E-state index contributed by atoms with van der Waals surface area (Å²) in [6.07, 6.45) is 3.87. The number of piperidine rings is 1. The second kappa shape index (κ2) is 10.3. The largest absolute Gasteiger partial charge is 0.342 e. The minimum atomic E-state index is -0.148. The monoisotopic (exact) mass is 441 g/mol. The summed E-state index contributed by atoms with van der Waals surface area (Å²) in [6, 6.07) is 7.60. The number of rotatable bonds is 4. The highest BCUT2D eigenvalue weighted by Gasteiger charge is 2.33. The van der Waals surface area contributed by atoms with Crippen molar-refractivity contribution in [1.82, 2.24) is 19.6 Å². The van der Waals surface area contributed by atoms with Crippen molar-refractivity contribution in [3.8, 4) is 0 Å². The van der Waals surface area contributed by atoms with Crippen LogP contribution in [0.1, 0.15) is 31.2 Å². The predicted octanol–water partition coefficient (Wildman–Crippen LogP) is 2.01. The van der Waals surface area contributed by atoms with E-state index in [4.69, 9.17) is 0 Å². The topological polar surface area (TPSA) is 76.2 Å². The lowest BCUT2D eigenvalue weighted by Gasteiger charge is -2.39. The average molecular weight is 442 g/mol. The number of aryl methyl sites for hydroxylation is 1. The summed E-state index contributed by atoms with van der Waals surface area (Å²) in [7, 11) is 0. The highest BCUT2D eigenvalue weighted by atomic mass is 16.2. The Bertz CT molecular complexity index is 831. The van der Waals surface area contributed by atoms with Gasteiger partial charge in [-0.25, -0.2) is 4.79 Å². The first kappa shape index (κ1) is 22.6. The molecule has 3 saturated heterocycles. The summed E-state index contributed by atoms with van der Waals surface area (Å²) >= 11 is 0. The number of amides is 4. The SMILES string of the molecule is Cc1cccc(NC(=O)N2CCCC(C(=O)N3CCN(CC(=O)N4CCCC4)CC3)C2)c1. The molecule has 1 unspecified atom stereocenters. The van der Waals surface area contributed by atoms with Gasteiger partial charge in [-0.05, 0) is 50.3 Å². The number of likely N-dealkylation sites (tertiary alicyclic amines) is 2. The zero-order chi connectivity index (χ0) is 22.5. The van der Waals surface area contributed by atoms with Crippen molar-refractivity contribution < 1.29 is 14.4 Å². The van der Waals surface area contributed by atoms with E-state index in [1.807, 2.05) is 41.0 Å². The molecule has 1 aromatic carbocycles. The Morgan fingerprint density at radius 2 is 1.62 bits per heavy atom. The van der Waals surface area contributed by atoms with Gasteiger partial charge in [0.15, 0.2) is 0 Å². The first-order valence-electron chi connectivity index (χ1n) is 11.9. The van der Waals surface area contributed by atoms with Crippen LogP contribution in [0.3, 0.4) is 0 Å². The van der Waals surface area contributed by atoms with Crippen molar-refractivity contribution in [3.05, 3.63) is 29.8 Å². The highest BCUT2D eigenvalue weighted by molar-refractivity contribution is 5.90. The molecule has 0 aliphatic carbocycles. The fraction of sp³-hybridized carbons (Fsp3) is 0.625. The Labute approximate surface area is 190 Å². The molecule has 4 rings (SSSR count). The summed E-state index contributed by atoms with van der Waals surface area (Å²) in [6.45, 7) is 8.12. The van der Waals surface area contributed by atoms with E-state index >= 15 is 0 Å². The quantitative estimate of drug-likeness (QED) is 0.776. The van der Waals surface area contributed by atoms with Crippen LogP contribution >= 0.6 is 0 Å². The number of hydrogen-bond donors (Lipinski definition) is 1. The number of nitrogens with zero attached hydrogens (tertiary/aromatic N) is 4. The molecule has 3 heterocycles. The van der Waals surface area contributed by atoms with E-state index in [0.29, 0.717) is 32.7 Å². The smallest absolute Gasteiger partial charge is 0.321 e. The van der Waals surface area contributed by atoms with Crippen molar-refractivity contribution >= 4 is 23.5 Å². The van der Waals surface area contributed by atoms with E-state index in [-0.39, 0.29) is 23.8 Å². The minimum Gasteiger partial charge on any atom is -0.342 e. The first-order valence-corrected chi connectivity index (χ1v) is 11.9. The predicted molar refractivity (Wildman–Crippen MR) is 123 cm³/mol. The number of hydrogen-bond acceptors (Lipinski definition) is 4. The molecule has 3 fully saturated rings. The second-order valence-electron chi connectivity index (χ2n) is 9.27. The molecule has 1 atom stereocenters. The van der Waals surface area contributed by atoms with Crippen LogP contribution < -0.4 is 5.32 Å². The number of urea groups is 1. The number of carbonyl (C=O) groups is 3. The molecule has 32 heavy (non-hydrogen) atoms. The van der Waals surface area contributed by atoms with Gasteiger partial charge >= 0.3 is 6.03 Å². The van der Waals surface area contributed by atoms with Gasteiger partial charge in [0.2, 0.25) is 11.8 Å². The van der Waals surface area contributed by atoms with Crippen molar-refractivity contribution in [1.29, 1.82) is 0 Å². The first-order chi connectivity index (χ1) is 15.5. The summed E-state index contributed by atoms with van der Waals surface area (Å²) in [5.74, 6) is 0.207. The minimum absolute atomic E-state index is 0.140. The van der Waals surface area contributed by atoms with E-state index < -0.39 is 0 Å². The molecule has 3 aliphatic rings. The van der Waals surface area contributed by atoms with Gasteiger partial charge < -0.3 is 20.0 Å². The van der Waals surface area contributed by atoms with Crippen LogP contribution in [0.2, 0.25) is 0 Å². The number of piperazine rings is 1. The molecule has 0 saturated carbocycles. The Kier molecular flexibility index (Phi) is 7.29. The van der Waals surface area contributed by atoms with Crippen LogP contribution in [0.4, 0.5) is 10.5 Å². The van der Waals surface area contributed by atoms with Crippen LogP contribution in [-0.2, 0) is 9.59 Å². The molecular weight excluding hydrogens is 406 g/mol. The Balaban J connectivity index is 1.24. The molecule has 174 valence electrons. The lowest BCUT2D eigenvalue weighted by Crippen LogP contribution is -2.54. The maximum atomic E-state index is 13.1. The third-order valence-corrected chi connectivity index (χ3v) is 6.83. The molecule has 1 aromatic rings. The summed E-state index contributed by atoms with van der Waals surface area (Å²) in [4.78, 5) is 46.0. The normalized spacial score (nSPS) is 22.2. The van der Waals surface area contributed by atoms with Crippen LogP contribution in [0.5, 0.6) is 0 Å². The van der Waals surface area contributed by atoms with Crippen molar-refractivity contribution in [2.75, 3.05) is 64.2 Å². The van der Waals surface area contributed by atoms with Crippen LogP contribution in [0.15, 0.2) is 24.3 Å². The van der Waals surface area contributed by atoms with E-state index in [9.17, 15) is 14.4 Å². The van der Waals surface area contributed by atoms with Crippen molar-refractivity contribution in [3.63, 3.8) is 0 Å². The number of carbonyl (C=O) groups excluding carboxylic acids is 3. The zero-order valence-corrected chi connectivity index (χ0v) is 19.1. The molecule has 0 radical (unpaired) electrons. The molecule has 1 N–H and O–H groups in total. The van der Waals surface area contributed by atoms with Gasteiger partial charge in [-0.3, -0.25) is 14.5 Å². The van der Waals surface area contributed by atoms with Gasteiger partial charge in [0.05, 0.1) is 12.5 Å². The molecule has 0 spiro atoms. The maximum absolute atomic E-state index is 13.1. The highest BCUT2D eigenvalue weighted by Crippen LogP contribution is 2.21. The molecule has 8 heteroatoms. The van der Waals surface area contributed by atoms with Gasteiger partial charge in [0.1, 0.15) is 0 Å². The molecule has 0 bridgehead atoms. The third-order valence-electron chi connectivity index (χ3n) is 6.83. The van der Waals surface area contributed by atoms with Crippen LogP contribution in [0.25, 0.3) is 0 Å². The van der Waals surface area contributed by atoms with Crippen molar-refractivity contribution in [2.24, 2.45) is 5.92 Å². The summed E-state index contributed by atoms with van der Waals surface area (Å²) in [5.41, 5.74) is 1.87. The Morgan fingerprint density at radius 3 is 2.34 bits per heavy atom. The van der Waals surface area contributed by atoms with E-state index in [1.54, 1.807) is 4.90 Å². The Morgan fingerprint density at radius 1 is 0.906 bits per heavy atom. The average Bonchev–Trinajstić information content (AvgIpc) is 3.34. The van der Waals surface area contributed by atoms with Crippen molar-refractivity contribution in [2.45, 2.75) is 32.6 Å². The zero-order valence-electron chi connectivity index (χ0n) is 19.1. The number of nitrogens with one attached hydrogen (secondary N) is 1. The number of anilines is 1. The Hall–Kier alpha value is -2.61. The fourth-order valence-corrected chi connectivity index (χ4v) is 4.93. The van der Waals surface area contributed by atoms with E-state index in [2.05, 4.69) is 10.2 Å². The lowest BCUT2D eigenvalue weighted by molar-refractivity contribution is -0.139. The fourth-order valence-electron chi connectivity index (χ4n) is 4.93. The molecule has 3 aliphatic heterocycles. The van der Waals surface area contributed by atoms with Crippen LogP contribution in [-0.4, -0.2) is 96.3 Å². The van der Waals surface area contributed by atoms with Gasteiger partial charge in [-0.2, -0.15) is 0 Å². The summed E-state index contributed by atoms with van der Waals surface area (Å²) < 4.78 is 0. The third kappa shape index (κ3) is 5.59. The van der Waals surface area contributed by atoms with Gasteiger partial charge in [0.25, 0.3) is 0 Å². The molecular formula is C24H35N5O3. The molecule has 0 aromatic heterocycles. The van der Waals surface area contributed by atoms with E-state index in [0.717, 1.165) is 63.1 Å². The maximum Gasteiger partial charge on any atom is 0.321 e.